The van der Waals surface area contributed by atoms with E-state index in [9.17, 15) is 4.79 Å². The molecular weight excluding hydrogens is 436 g/mol. The van der Waals surface area contributed by atoms with Crippen LogP contribution in [-0.2, 0) is 19.4 Å². The molecule has 180 valence electrons. The summed E-state index contributed by atoms with van der Waals surface area (Å²) >= 11 is 0. The maximum atomic E-state index is 13.8. The predicted octanol–water partition coefficient (Wildman–Crippen LogP) is 5.18. The van der Waals surface area contributed by atoms with Crippen LogP contribution in [0.1, 0.15) is 68.3 Å². The van der Waals surface area contributed by atoms with Crippen LogP contribution in [0.25, 0.3) is 22.5 Å². The summed E-state index contributed by atoms with van der Waals surface area (Å²) in [6.07, 6.45) is 8.88. The van der Waals surface area contributed by atoms with Gasteiger partial charge in [0.2, 0.25) is 5.82 Å². The van der Waals surface area contributed by atoms with Crippen LogP contribution in [0.15, 0.2) is 53.3 Å². The first kappa shape index (κ1) is 22.0. The van der Waals surface area contributed by atoms with E-state index in [1.165, 1.54) is 36.9 Å². The van der Waals surface area contributed by atoms with Gasteiger partial charge in [-0.2, -0.15) is 5.21 Å². The van der Waals surface area contributed by atoms with Gasteiger partial charge in [-0.1, -0.05) is 74.7 Å². The van der Waals surface area contributed by atoms with Crippen LogP contribution in [0.3, 0.4) is 0 Å². The van der Waals surface area contributed by atoms with Crippen LogP contribution in [0, 0.1) is 5.92 Å². The Balaban J connectivity index is 1.33. The number of fused-ring (bicyclic) bond motifs is 3. The summed E-state index contributed by atoms with van der Waals surface area (Å²) in [5.41, 5.74) is 6.78. The second-order valence-electron chi connectivity index (χ2n) is 10.0. The topological polar surface area (TPSA) is 81.4 Å². The minimum Gasteiger partial charge on any atom is -0.286 e. The van der Waals surface area contributed by atoms with Crippen molar-refractivity contribution in [3.63, 3.8) is 0 Å². The van der Waals surface area contributed by atoms with Gasteiger partial charge in [0, 0.05) is 29.8 Å². The van der Waals surface area contributed by atoms with Crippen molar-refractivity contribution in [2.45, 2.75) is 70.9 Å². The van der Waals surface area contributed by atoms with Gasteiger partial charge in [0.05, 0.1) is 6.04 Å². The van der Waals surface area contributed by atoms with Crippen LogP contribution < -0.4 is 5.56 Å². The molecular formula is C28H32N6O. The lowest BCUT2D eigenvalue weighted by atomic mass is 9.81. The zero-order valence-electron chi connectivity index (χ0n) is 20.3. The molecule has 0 spiro atoms. The molecule has 1 aliphatic carbocycles. The van der Waals surface area contributed by atoms with Gasteiger partial charge in [-0.3, -0.25) is 9.48 Å². The third-order valence-electron chi connectivity index (χ3n) is 7.93. The normalized spacial score (nSPS) is 19.3. The largest absolute Gasteiger partial charge is 0.286 e. The van der Waals surface area contributed by atoms with E-state index in [-0.39, 0.29) is 5.56 Å². The Labute approximate surface area is 205 Å². The maximum absolute atomic E-state index is 13.8. The number of hydrogen-bond acceptors (Lipinski definition) is 4. The molecule has 3 heterocycles. The molecule has 0 amide bonds. The number of nitrogens with zero attached hydrogens (tertiary/aromatic N) is 5. The number of aromatic nitrogens is 6. The molecule has 2 aromatic heterocycles. The molecule has 35 heavy (non-hydrogen) atoms. The average molecular weight is 469 g/mol. The molecule has 7 nitrogen and oxygen atoms in total. The van der Waals surface area contributed by atoms with E-state index < -0.39 is 0 Å². The Morgan fingerprint density at radius 1 is 1.00 bits per heavy atom. The maximum Gasteiger partial charge on any atom is 0.270 e. The fraction of sp³-hybridized carbons (Fsp3) is 0.429. The second-order valence-corrected chi connectivity index (χ2v) is 10.0. The van der Waals surface area contributed by atoms with Gasteiger partial charge < -0.3 is 0 Å². The average Bonchev–Trinajstić information content (AvgIpc) is 3.53. The summed E-state index contributed by atoms with van der Waals surface area (Å²) in [7, 11) is 0. The molecule has 6 rings (SSSR count). The summed E-state index contributed by atoms with van der Waals surface area (Å²) in [6.45, 7) is 3.19. The van der Waals surface area contributed by atoms with E-state index in [0.717, 1.165) is 48.1 Å². The van der Waals surface area contributed by atoms with Crippen molar-refractivity contribution in [1.29, 1.82) is 0 Å². The van der Waals surface area contributed by atoms with Crippen molar-refractivity contribution in [2.75, 3.05) is 0 Å². The first-order chi connectivity index (χ1) is 17.2. The quantitative estimate of drug-likeness (QED) is 0.423. The van der Waals surface area contributed by atoms with E-state index in [1.807, 2.05) is 18.2 Å². The number of nitrogens with one attached hydrogen (secondary N) is 1. The monoisotopic (exact) mass is 468 g/mol. The molecule has 1 N–H and O–H groups in total. The number of aromatic amines is 1. The van der Waals surface area contributed by atoms with Gasteiger partial charge in [0.15, 0.2) is 0 Å². The highest BCUT2D eigenvalue weighted by molar-refractivity contribution is 5.80. The molecule has 1 fully saturated rings. The summed E-state index contributed by atoms with van der Waals surface area (Å²) < 4.78 is 4.51. The van der Waals surface area contributed by atoms with Crippen LogP contribution in [0.2, 0.25) is 0 Å². The molecule has 2 aliphatic rings. The minimum absolute atomic E-state index is 0.247. The molecule has 7 heteroatoms. The molecule has 0 bridgehead atoms. The third kappa shape index (κ3) is 3.93. The van der Waals surface area contributed by atoms with Crippen molar-refractivity contribution in [3.8, 4) is 22.5 Å². The number of tetrazole rings is 1. The van der Waals surface area contributed by atoms with E-state index in [1.54, 1.807) is 0 Å². The Hall–Kier alpha value is -3.48. The van der Waals surface area contributed by atoms with E-state index >= 15 is 0 Å². The summed E-state index contributed by atoms with van der Waals surface area (Å²) in [5.74, 6) is 1.26. The van der Waals surface area contributed by atoms with E-state index in [2.05, 4.69) is 67.2 Å². The van der Waals surface area contributed by atoms with Gasteiger partial charge in [-0.25, -0.2) is 4.68 Å². The van der Waals surface area contributed by atoms with Crippen LogP contribution >= 0.6 is 0 Å². The highest BCUT2D eigenvalue weighted by atomic mass is 16.1. The van der Waals surface area contributed by atoms with Crippen molar-refractivity contribution in [2.24, 2.45) is 5.92 Å². The first-order valence-electron chi connectivity index (χ1n) is 13.0. The van der Waals surface area contributed by atoms with Crippen molar-refractivity contribution < 1.29 is 0 Å². The van der Waals surface area contributed by atoms with E-state index in [4.69, 9.17) is 0 Å². The molecule has 1 saturated carbocycles. The highest BCUT2D eigenvalue weighted by Crippen LogP contribution is 2.39. The van der Waals surface area contributed by atoms with Crippen LogP contribution in [0.5, 0.6) is 0 Å². The molecule has 0 saturated heterocycles. The summed E-state index contributed by atoms with van der Waals surface area (Å²) in [5, 5.41) is 14.6. The number of hydrogen-bond donors (Lipinski definition) is 1. The molecule has 2 aromatic carbocycles. The lowest BCUT2D eigenvalue weighted by Crippen LogP contribution is -2.39. The third-order valence-corrected chi connectivity index (χ3v) is 7.93. The van der Waals surface area contributed by atoms with Gasteiger partial charge in [0.25, 0.3) is 5.56 Å². The van der Waals surface area contributed by atoms with Gasteiger partial charge in [-0.05, 0) is 53.5 Å². The van der Waals surface area contributed by atoms with Crippen LogP contribution in [-0.4, -0.2) is 30.0 Å². The van der Waals surface area contributed by atoms with Gasteiger partial charge in [-0.15, -0.1) is 10.2 Å². The zero-order chi connectivity index (χ0) is 23.8. The second kappa shape index (κ2) is 9.29. The zero-order valence-corrected chi connectivity index (χ0v) is 20.3. The van der Waals surface area contributed by atoms with Crippen molar-refractivity contribution >= 4 is 0 Å². The molecule has 2 unspecified atom stereocenters. The predicted molar refractivity (Wildman–Crippen MR) is 136 cm³/mol. The van der Waals surface area contributed by atoms with Crippen molar-refractivity contribution in [1.82, 2.24) is 30.0 Å². The number of benzene rings is 2. The minimum atomic E-state index is 0.247. The van der Waals surface area contributed by atoms with Gasteiger partial charge in [0.1, 0.15) is 0 Å². The molecule has 1 aliphatic heterocycles. The fourth-order valence-corrected chi connectivity index (χ4v) is 6.27. The summed E-state index contributed by atoms with van der Waals surface area (Å²) in [6, 6.07) is 17.1. The highest BCUT2D eigenvalue weighted by Gasteiger charge is 2.35. The molecule has 4 aromatic rings. The lowest BCUT2D eigenvalue weighted by Gasteiger charge is -2.38. The van der Waals surface area contributed by atoms with E-state index in [0.29, 0.717) is 24.2 Å². The fourth-order valence-electron chi connectivity index (χ4n) is 6.27. The smallest absolute Gasteiger partial charge is 0.270 e. The Kier molecular flexibility index (Phi) is 5.84. The molecule has 2 atom stereocenters. The first-order valence-corrected chi connectivity index (χ1v) is 13.0. The Bertz CT molecular complexity index is 1370. The number of rotatable bonds is 6. The SMILES string of the molecule is CCCc1c(Cc2ccc(-c3ccccc3-c3nn[nH]n3)cc2)c(=O)n2n1CCC1CCCCC12. The Morgan fingerprint density at radius 2 is 1.80 bits per heavy atom. The van der Waals surface area contributed by atoms with Gasteiger partial charge >= 0.3 is 0 Å². The number of H-pyrrole nitrogens is 1. The summed E-state index contributed by atoms with van der Waals surface area (Å²) in [4.78, 5) is 13.8. The van der Waals surface area contributed by atoms with Crippen LogP contribution in [0.4, 0.5) is 0 Å². The standard InChI is InChI=1S/C28H32N6O/c1-2-7-26-24(28(35)34-25-11-6-3-8-21(25)16-17-33(26)34)18-19-12-14-20(15-13-19)22-9-4-5-10-23(22)27-29-31-32-30-27/h4-5,9-10,12-15,21,25H,2-3,6-8,11,16-18H2,1H3,(H,29,30,31,32). The Morgan fingerprint density at radius 3 is 2.57 bits per heavy atom. The van der Waals surface area contributed by atoms with Crippen molar-refractivity contribution in [3.05, 3.63) is 75.7 Å². The lowest BCUT2D eigenvalue weighted by molar-refractivity contribution is 0.136. The molecule has 0 radical (unpaired) electrons.